The molecular weight excluding hydrogens is 264 g/mol. The number of carbonyl (C=O) groups is 1. The third kappa shape index (κ3) is 2.85. The molecule has 0 aliphatic carbocycles. The minimum absolute atomic E-state index is 0.512. The SMILES string of the molecule is CC(C(=O)O)N(C)Cc1ccc(Cl)c2cccnc12. The first-order chi connectivity index (χ1) is 9.00. The standard InChI is InChI=1S/C14H15ClN2O2/c1-9(14(18)19)17(2)8-10-5-6-12(15)11-4-3-7-16-13(10)11/h3-7,9H,8H2,1-2H3,(H,18,19). The van der Waals surface area contributed by atoms with Gasteiger partial charge in [0.1, 0.15) is 6.04 Å². The molecule has 0 aliphatic heterocycles. The quantitative estimate of drug-likeness (QED) is 0.934. The van der Waals surface area contributed by atoms with Gasteiger partial charge in [0.05, 0.1) is 5.52 Å². The number of hydrogen-bond donors (Lipinski definition) is 1. The summed E-state index contributed by atoms with van der Waals surface area (Å²) in [5.74, 6) is -0.839. The van der Waals surface area contributed by atoms with Crippen molar-refractivity contribution >= 4 is 28.5 Å². The van der Waals surface area contributed by atoms with Crippen molar-refractivity contribution in [1.29, 1.82) is 0 Å². The summed E-state index contributed by atoms with van der Waals surface area (Å²) in [6.07, 6.45) is 1.71. The highest BCUT2D eigenvalue weighted by Gasteiger charge is 2.18. The lowest BCUT2D eigenvalue weighted by Crippen LogP contribution is -2.35. The van der Waals surface area contributed by atoms with E-state index in [0.717, 1.165) is 16.5 Å². The summed E-state index contributed by atoms with van der Waals surface area (Å²) in [7, 11) is 1.78. The first-order valence-electron chi connectivity index (χ1n) is 5.96. The van der Waals surface area contributed by atoms with Crippen LogP contribution in [0.1, 0.15) is 12.5 Å². The molecule has 4 nitrogen and oxygen atoms in total. The van der Waals surface area contributed by atoms with Crippen LogP contribution in [-0.2, 0) is 11.3 Å². The van der Waals surface area contributed by atoms with E-state index in [9.17, 15) is 4.79 Å². The van der Waals surface area contributed by atoms with Crippen molar-refractivity contribution in [2.75, 3.05) is 7.05 Å². The number of fused-ring (bicyclic) bond motifs is 1. The second kappa shape index (κ2) is 5.55. The number of pyridine rings is 1. The van der Waals surface area contributed by atoms with Crippen molar-refractivity contribution in [3.63, 3.8) is 0 Å². The normalized spacial score (nSPS) is 12.8. The van der Waals surface area contributed by atoms with Crippen LogP contribution in [0.5, 0.6) is 0 Å². The van der Waals surface area contributed by atoms with Crippen molar-refractivity contribution in [2.24, 2.45) is 0 Å². The van der Waals surface area contributed by atoms with Crippen LogP contribution in [0.15, 0.2) is 30.5 Å². The average molecular weight is 279 g/mol. The van der Waals surface area contributed by atoms with Crippen LogP contribution >= 0.6 is 11.6 Å². The van der Waals surface area contributed by atoms with Crippen molar-refractivity contribution in [1.82, 2.24) is 9.88 Å². The van der Waals surface area contributed by atoms with Gasteiger partial charge in [-0.25, -0.2) is 0 Å². The summed E-state index contributed by atoms with van der Waals surface area (Å²) in [4.78, 5) is 17.1. The second-order valence-electron chi connectivity index (χ2n) is 4.54. The van der Waals surface area contributed by atoms with Crippen LogP contribution in [0.3, 0.4) is 0 Å². The van der Waals surface area contributed by atoms with Crippen LogP contribution in [0, 0.1) is 0 Å². The fourth-order valence-corrected chi connectivity index (χ4v) is 2.13. The Morgan fingerprint density at radius 1 is 1.47 bits per heavy atom. The predicted octanol–water partition coefficient (Wildman–Crippen LogP) is 2.79. The van der Waals surface area contributed by atoms with Crippen molar-refractivity contribution in [3.05, 3.63) is 41.0 Å². The molecule has 0 aliphatic rings. The van der Waals surface area contributed by atoms with E-state index in [4.69, 9.17) is 16.7 Å². The van der Waals surface area contributed by atoms with E-state index in [0.29, 0.717) is 11.6 Å². The van der Waals surface area contributed by atoms with Gasteiger partial charge in [0.15, 0.2) is 0 Å². The third-order valence-electron chi connectivity index (χ3n) is 3.24. The molecule has 0 spiro atoms. The van der Waals surface area contributed by atoms with E-state index in [1.54, 1.807) is 25.1 Å². The lowest BCUT2D eigenvalue weighted by atomic mass is 10.1. The molecule has 1 atom stereocenters. The zero-order chi connectivity index (χ0) is 14.0. The number of rotatable bonds is 4. The molecule has 0 bridgehead atoms. The highest BCUT2D eigenvalue weighted by Crippen LogP contribution is 2.25. The molecule has 1 aromatic heterocycles. The Morgan fingerprint density at radius 3 is 2.89 bits per heavy atom. The summed E-state index contributed by atoms with van der Waals surface area (Å²) in [6, 6.07) is 6.91. The molecule has 0 amide bonds. The molecule has 0 radical (unpaired) electrons. The minimum atomic E-state index is -0.839. The Hall–Kier alpha value is -1.65. The number of hydrogen-bond acceptors (Lipinski definition) is 3. The number of aliphatic carboxylic acids is 1. The van der Waals surface area contributed by atoms with E-state index in [1.165, 1.54) is 0 Å². The number of aromatic nitrogens is 1. The van der Waals surface area contributed by atoms with Gasteiger partial charge >= 0.3 is 5.97 Å². The van der Waals surface area contributed by atoms with Gasteiger partial charge in [-0.2, -0.15) is 0 Å². The molecule has 1 unspecified atom stereocenters. The van der Waals surface area contributed by atoms with E-state index >= 15 is 0 Å². The predicted molar refractivity (Wildman–Crippen MR) is 75.3 cm³/mol. The van der Waals surface area contributed by atoms with Crippen molar-refractivity contribution in [3.8, 4) is 0 Å². The average Bonchev–Trinajstić information content (AvgIpc) is 2.41. The number of nitrogens with zero attached hydrogens (tertiary/aromatic N) is 2. The summed E-state index contributed by atoms with van der Waals surface area (Å²) >= 11 is 6.13. The van der Waals surface area contributed by atoms with E-state index in [1.807, 2.05) is 24.3 Å². The van der Waals surface area contributed by atoms with Gasteiger partial charge in [0, 0.05) is 23.2 Å². The smallest absolute Gasteiger partial charge is 0.320 e. The van der Waals surface area contributed by atoms with E-state index in [2.05, 4.69) is 4.98 Å². The van der Waals surface area contributed by atoms with Gasteiger partial charge in [-0.3, -0.25) is 14.7 Å². The molecule has 19 heavy (non-hydrogen) atoms. The second-order valence-corrected chi connectivity index (χ2v) is 4.94. The number of halogens is 1. The van der Waals surface area contributed by atoms with Gasteiger partial charge in [-0.1, -0.05) is 17.7 Å². The number of carboxylic acids is 1. The molecule has 100 valence electrons. The first kappa shape index (κ1) is 13.8. The number of carboxylic acid groups (broad SMARTS) is 1. The molecule has 2 rings (SSSR count). The molecule has 1 heterocycles. The topological polar surface area (TPSA) is 53.4 Å². The molecule has 0 fully saturated rings. The Labute approximate surface area is 116 Å². The van der Waals surface area contributed by atoms with Gasteiger partial charge < -0.3 is 5.11 Å². The fraction of sp³-hybridized carbons (Fsp3) is 0.286. The maximum absolute atomic E-state index is 11.0. The molecule has 5 heteroatoms. The highest BCUT2D eigenvalue weighted by atomic mass is 35.5. The van der Waals surface area contributed by atoms with Gasteiger partial charge in [-0.05, 0) is 37.7 Å². The van der Waals surface area contributed by atoms with Gasteiger partial charge in [-0.15, -0.1) is 0 Å². The van der Waals surface area contributed by atoms with Crippen molar-refractivity contribution in [2.45, 2.75) is 19.5 Å². The zero-order valence-electron chi connectivity index (χ0n) is 10.8. The fourth-order valence-electron chi connectivity index (χ4n) is 1.92. The Balaban J connectivity index is 2.36. The summed E-state index contributed by atoms with van der Waals surface area (Å²) < 4.78 is 0. The van der Waals surface area contributed by atoms with Crippen LogP contribution in [-0.4, -0.2) is 34.0 Å². The van der Waals surface area contributed by atoms with Gasteiger partial charge in [0.25, 0.3) is 0 Å². The van der Waals surface area contributed by atoms with E-state index in [-0.39, 0.29) is 0 Å². The molecule has 1 N–H and O–H groups in total. The molecule has 0 saturated carbocycles. The number of benzene rings is 1. The van der Waals surface area contributed by atoms with Crippen molar-refractivity contribution < 1.29 is 9.90 Å². The highest BCUT2D eigenvalue weighted by molar-refractivity contribution is 6.35. The summed E-state index contributed by atoms with van der Waals surface area (Å²) in [5, 5.41) is 10.5. The zero-order valence-corrected chi connectivity index (χ0v) is 11.6. The number of likely N-dealkylation sites (N-methyl/N-ethyl adjacent to an activating group) is 1. The lowest BCUT2D eigenvalue weighted by molar-refractivity contribution is -0.142. The van der Waals surface area contributed by atoms with Crippen LogP contribution in [0.2, 0.25) is 5.02 Å². The van der Waals surface area contributed by atoms with Crippen LogP contribution in [0.25, 0.3) is 10.9 Å². The van der Waals surface area contributed by atoms with Crippen LogP contribution < -0.4 is 0 Å². The maximum atomic E-state index is 11.0. The Morgan fingerprint density at radius 2 is 2.21 bits per heavy atom. The summed E-state index contributed by atoms with van der Waals surface area (Å²) in [5.41, 5.74) is 1.79. The molecule has 1 aromatic carbocycles. The lowest BCUT2D eigenvalue weighted by Gasteiger charge is -2.21. The Kier molecular flexibility index (Phi) is 4.02. The first-order valence-corrected chi connectivity index (χ1v) is 6.33. The van der Waals surface area contributed by atoms with Gasteiger partial charge in [0.2, 0.25) is 0 Å². The Bertz CT molecular complexity index is 615. The monoisotopic (exact) mass is 278 g/mol. The van der Waals surface area contributed by atoms with Crippen LogP contribution in [0.4, 0.5) is 0 Å². The third-order valence-corrected chi connectivity index (χ3v) is 3.57. The molecule has 2 aromatic rings. The minimum Gasteiger partial charge on any atom is -0.480 e. The molecule has 0 saturated heterocycles. The molecular formula is C14H15ClN2O2. The summed E-state index contributed by atoms with van der Waals surface area (Å²) in [6.45, 7) is 2.17. The largest absolute Gasteiger partial charge is 0.480 e. The van der Waals surface area contributed by atoms with E-state index < -0.39 is 12.0 Å². The maximum Gasteiger partial charge on any atom is 0.320 e.